The van der Waals surface area contributed by atoms with Crippen LogP contribution in [0.15, 0.2) is 29.2 Å². The van der Waals surface area contributed by atoms with Crippen LogP contribution in [0, 0.1) is 0 Å². The van der Waals surface area contributed by atoms with Crippen LogP contribution in [0.2, 0.25) is 0 Å². The van der Waals surface area contributed by atoms with Crippen molar-refractivity contribution in [3.05, 3.63) is 24.3 Å². The minimum Gasteiger partial charge on any atom is -0.491 e. The zero-order valence-corrected chi connectivity index (χ0v) is 13.0. The summed E-state index contributed by atoms with van der Waals surface area (Å²) in [4.78, 5) is 0.272. The number of thioether (sulfide) groups is 1. The highest BCUT2D eigenvalue weighted by molar-refractivity contribution is 7.99. The molecule has 1 atom stereocenters. The van der Waals surface area contributed by atoms with Gasteiger partial charge < -0.3 is 9.84 Å². The Balaban J connectivity index is 2.12. The Morgan fingerprint density at radius 3 is 2.65 bits per heavy atom. The van der Waals surface area contributed by atoms with Gasteiger partial charge in [0.25, 0.3) is 0 Å². The lowest BCUT2D eigenvalue weighted by molar-refractivity contribution is 0.201. The fourth-order valence-electron chi connectivity index (χ4n) is 2.04. The number of rotatable bonds is 6. The maximum Gasteiger partial charge on any atom is 0.243 e. The predicted molar refractivity (Wildman–Crippen MR) is 79.7 cm³/mol. The van der Waals surface area contributed by atoms with Gasteiger partial charge in [-0.2, -0.15) is 16.1 Å². The van der Waals surface area contributed by atoms with Crippen molar-refractivity contribution >= 4 is 21.8 Å². The average molecular weight is 317 g/mol. The third kappa shape index (κ3) is 3.46. The molecule has 0 amide bonds. The van der Waals surface area contributed by atoms with Crippen LogP contribution in [-0.4, -0.2) is 55.6 Å². The molecular formula is C13H19NO4S2. The largest absolute Gasteiger partial charge is 0.491 e. The normalized spacial score (nSPS) is 19.4. The van der Waals surface area contributed by atoms with E-state index in [4.69, 9.17) is 9.84 Å². The molecule has 0 aliphatic carbocycles. The van der Waals surface area contributed by atoms with E-state index in [0.29, 0.717) is 5.75 Å². The first-order chi connectivity index (χ1) is 9.55. The average Bonchev–Trinajstić information content (AvgIpc) is 2.98. The fourth-order valence-corrected chi connectivity index (χ4v) is 4.79. The second-order valence-corrected chi connectivity index (χ2v) is 7.73. The van der Waals surface area contributed by atoms with Crippen molar-refractivity contribution in [1.82, 2.24) is 4.31 Å². The van der Waals surface area contributed by atoms with Crippen molar-refractivity contribution in [2.45, 2.75) is 17.4 Å². The van der Waals surface area contributed by atoms with Crippen LogP contribution >= 0.6 is 11.8 Å². The molecule has 0 radical (unpaired) electrons. The Morgan fingerprint density at radius 1 is 1.40 bits per heavy atom. The van der Waals surface area contributed by atoms with Gasteiger partial charge in [-0.1, -0.05) is 0 Å². The van der Waals surface area contributed by atoms with Gasteiger partial charge in [-0.25, -0.2) is 8.42 Å². The highest BCUT2D eigenvalue weighted by atomic mass is 32.2. The summed E-state index contributed by atoms with van der Waals surface area (Å²) in [6.07, 6.45) is 0.901. The number of benzene rings is 1. The van der Waals surface area contributed by atoms with E-state index in [0.717, 1.165) is 17.9 Å². The quantitative estimate of drug-likeness (QED) is 0.853. The third-order valence-electron chi connectivity index (χ3n) is 3.28. The van der Waals surface area contributed by atoms with Gasteiger partial charge in [0.2, 0.25) is 10.0 Å². The summed E-state index contributed by atoms with van der Waals surface area (Å²) in [5.74, 6) is 2.42. The number of hydrogen-bond donors (Lipinski definition) is 1. The molecule has 7 heteroatoms. The van der Waals surface area contributed by atoms with Crippen LogP contribution in [0.1, 0.15) is 6.42 Å². The number of aliphatic hydroxyl groups excluding tert-OH is 1. The lowest BCUT2D eigenvalue weighted by atomic mass is 10.3. The molecule has 0 saturated carbocycles. The van der Waals surface area contributed by atoms with Gasteiger partial charge in [-0.3, -0.25) is 0 Å². The van der Waals surface area contributed by atoms with E-state index in [2.05, 4.69) is 0 Å². The number of nitrogens with zero attached hydrogens (tertiary/aromatic N) is 1. The SMILES string of the molecule is CN(C1CCSC1)S(=O)(=O)c1ccc(OCCO)cc1. The first-order valence-electron chi connectivity index (χ1n) is 6.45. The minimum absolute atomic E-state index is 0.0673. The molecule has 1 aromatic carbocycles. The maximum atomic E-state index is 12.5. The van der Waals surface area contributed by atoms with Crippen LogP contribution in [0.5, 0.6) is 5.75 Å². The first-order valence-corrected chi connectivity index (χ1v) is 9.04. The highest BCUT2D eigenvalue weighted by Gasteiger charge is 2.30. The molecule has 1 fully saturated rings. The smallest absolute Gasteiger partial charge is 0.243 e. The molecular weight excluding hydrogens is 298 g/mol. The minimum atomic E-state index is -3.44. The van der Waals surface area contributed by atoms with E-state index >= 15 is 0 Å². The van der Waals surface area contributed by atoms with Crippen LogP contribution < -0.4 is 4.74 Å². The van der Waals surface area contributed by atoms with Crippen molar-refractivity contribution in [2.75, 3.05) is 31.8 Å². The van der Waals surface area contributed by atoms with E-state index in [1.807, 2.05) is 0 Å². The van der Waals surface area contributed by atoms with Gasteiger partial charge in [0.15, 0.2) is 0 Å². The molecule has 1 N–H and O–H groups in total. The van der Waals surface area contributed by atoms with E-state index in [9.17, 15) is 8.42 Å². The zero-order valence-electron chi connectivity index (χ0n) is 11.4. The molecule has 1 aromatic rings. The molecule has 0 spiro atoms. The number of sulfonamides is 1. The first kappa shape index (κ1) is 15.6. The molecule has 112 valence electrons. The molecule has 2 rings (SSSR count). The van der Waals surface area contributed by atoms with E-state index < -0.39 is 10.0 Å². The summed E-state index contributed by atoms with van der Waals surface area (Å²) >= 11 is 1.78. The van der Waals surface area contributed by atoms with Crippen LogP contribution in [-0.2, 0) is 10.0 Å². The van der Waals surface area contributed by atoms with Crippen molar-refractivity contribution < 1.29 is 18.3 Å². The monoisotopic (exact) mass is 317 g/mol. The van der Waals surface area contributed by atoms with Crippen LogP contribution in [0.25, 0.3) is 0 Å². The highest BCUT2D eigenvalue weighted by Crippen LogP contribution is 2.26. The molecule has 1 aliphatic rings. The Hall–Kier alpha value is -0.760. The number of hydrogen-bond acceptors (Lipinski definition) is 5. The van der Waals surface area contributed by atoms with Gasteiger partial charge in [0.05, 0.1) is 11.5 Å². The second kappa shape index (κ2) is 6.80. The van der Waals surface area contributed by atoms with Crippen molar-refractivity contribution in [1.29, 1.82) is 0 Å². The Kier molecular flexibility index (Phi) is 5.31. The number of aliphatic hydroxyl groups is 1. The molecule has 0 aromatic heterocycles. The maximum absolute atomic E-state index is 12.5. The summed E-state index contributed by atoms with van der Waals surface area (Å²) in [6, 6.07) is 6.39. The van der Waals surface area contributed by atoms with Crippen LogP contribution in [0.4, 0.5) is 0 Å². The Morgan fingerprint density at radius 2 is 2.10 bits per heavy atom. The zero-order chi connectivity index (χ0) is 14.6. The lowest BCUT2D eigenvalue weighted by Gasteiger charge is -2.23. The molecule has 20 heavy (non-hydrogen) atoms. The molecule has 1 saturated heterocycles. The summed E-state index contributed by atoms with van der Waals surface area (Å²) in [7, 11) is -1.80. The Labute approximate surface area is 124 Å². The third-order valence-corrected chi connectivity index (χ3v) is 6.35. The van der Waals surface area contributed by atoms with Gasteiger partial charge in [-0.05, 0) is 36.4 Å². The molecule has 1 heterocycles. The molecule has 0 bridgehead atoms. The number of ether oxygens (including phenoxy) is 1. The van der Waals surface area contributed by atoms with Crippen LogP contribution in [0.3, 0.4) is 0 Å². The van der Waals surface area contributed by atoms with Crippen molar-refractivity contribution in [2.24, 2.45) is 0 Å². The van der Waals surface area contributed by atoms with E-state index in [1.54, 1.807) is 43.1 Å². The summed E-state index contributed by atoms with van der Waals surface area (Å²) in [6.45, 7) is 0.132. The molecule has 5 nitrogen and oxygen atoms in total. The Bertz CT molecular complexity index is 524. The standard InChI is InChI=1S/C13H19NO4S2/c1-14(11-6-9-19-10-11)20(16,17)13-4-2-12(3-5-13)18-8-7-15/h2-5,11,15H,6-10H2,1H3. The van der Waals surface area contributed by atoms with Gasteiger partial charge in [0.1, 0.15) is 12.4 Å². The van der Waals surface area contributed by atoms with E-state index in [1.165, 1.54) is 4.31 Å². The molecule has 1 aliphatic heterocycles. The lowest BCUT2D eigenvalue weighted by Crippen LogP contribution is -2.36. The summed E-state index contributed by atoms with van der Waals surface area (Å²) in [5, 5.41) is 8.68. The molecule has 1 unspecified atom stereocenters. The summed E-state index contributed by atoms with van der Waals surface area (Å²) < 4.78 is 31.7. The topological polar surface area (TPSA) is 66.8 Å². The van der Waals surface area contributed by atoms with Gasteiger partial charge >= 0.3 is 0 Å². The summed E-state index contributed by atoms with van der Waals surface area (Å²) in [5.41, 5.74) is 0. The van der Waals surface area contributed by atoms with E-state index in [-0.39, 0.29) is 24.2 Å². The predicted octanol–water partition coefficient (Wildman–Crippen LogP) is 1.18. The van der Waals surface area contributed by atoms with Gasteiger partial charge in [0, 0.05) is 18.8 Å². The van der Waals surface area contributed by atoms with Gasteiger partial charge in [-0.15, -0.1) is 0 Å². The van der Waals surface area contributed by atoms with Crippen molar-refractivity contribution in [3.8, 4) is 5.75 Å². The fraction of sp³-hybridized carbons (Fsp3) is 0.538. The second-order valence-electron chi connectivity index (χ2n) is 4.58. The van der Waals surface area contributed by atoms with Crippen molar-refractivity contribution in [3.63, 3.8) is 0 Å².